The van der Waals surface area contributed by atoms with Crippen LogP contribution in [0.1, 0.15) is 5.56 Å². The van der Waals surface area contributed by atoms with Crippen LogP contribution in [0, 0.1) is 17.5 Å². The number of nitrogens with two attached hydrogens (primary N) is 1. The van der Waals surface area contributed by atoms with Crippen molar-refractivity contribution in [2.75, 3.05) is 5.73 Å². The van der Waals surface area contributed by atoms with Crippen LogP contribution in [0.2, 0.25) is 0 Å². The normalized spacial score (nSPS) is 11.2. The van der Waals surface area contributed by atoms with Gasteiger partial charge in [0.2, 0.25) is 5.95 Å². The van der Waals surface area contributed by atoms with Gasteiger partial charge in [0.15, 0.2) is 11.6 Å². The van der Waals surface area contributed by atoms with E-state index >= 15 is 0 Å². The van der Waals surface area contributed by atoms with E-state index in [-0.39, 0.29) is 12.5 Å². The minimum Gasteiger partial charge on any atom is -0.369 e. The van der Waals surface area contributed by atoms with Crippen molar-refractivity contribution in [1.29, 1.82) is 0 Å². The van der Waals surface area contributed by atoms with E-state index in [4.69, 9.17) is 5.73 Å². The monoisotopic (exact) mass is 277 g/mol. The predicted molar refractivity (Wildman–Crippen MR) is 69.6 cm³/mol. The van der Waals surface area contributed by atoms with Crippen LogP contribution in [0.25, 0.3) is 11.0 Å². The van der Waals surface area contributed by atoms with Gasteiger partial charge in [-0.05, 0) is 35.9 Å². The van der Waals surface area contributed by atoms with Crippen molar-refractivity contribution in [2.45, 2.75) is 6.54 Å². The Bertz CT molecular complexity index is 796. The lowest BCUT2D eigenvalue weighted by atomic mass is 10.2. The summed E-state index contributed by atoms with van der Waals surface area (Å²) in [6.45, 7) is 0.184. The van der Waals surface area contributed by atoms with Crippen molar-refractivity contribution in [3.05, 3.63) is 59.4 Å². The number of nitrogens with zero attached hydrogens (tertiary/aromatic N) is 2. The summed E-state index contributed by atoms with van der Waals surface area (Å²) in [5.41, 5.74) is 7.35. The molecule has 0 bridgehead atoms. The first-order valence-corrected chi connectivity index (χ1v) is 5.90. The highest BCUT2D eigenvalue weighted by atomic mass is 19.2. The molecule has 0 amide bonds. The fourth-order valence-electron chi connectivity index (χ4n) is 2.10. The molecule has 20 heavy (non-hydrogen) atoms. The number of rotatable bonds is 2. The first-order valence-electron chi connectivity index (χ1n) is 5.90. The lowest BCUT2D eigenvalue weighted by Crippen LogP contribution is -2.05. The second-order valence-electron chi connectivity index (χ2n) is 4.44. The Hall–Kier alpha value is -2.50. The van der Waals surface area contributed by atoms with Gasteiger partial charge in [-0.1, -0.05) is 6.07 Å². The van der Waals surface area contributed by atoms with E-state index in [1.807, 2.05) is 0 Å². The Morgan fingerprint density at radius 2 is 1.80 bits per heavy atom. The van der Waals surface area contributed by atoms with Gasteiger partial charge in [0.05, 0.1) is 17.6 Å². The molecule has 3 nitrogen and oxygen atoms in total. The van der Waals surface area contributed by atoms with E-state index in [1.165, 1.54) is 24.3 Å². The number of imidazole rings is 1. The number of halogens is 3. The zero-order valence-corrected chi connectivity index (χ0v) is 10.3. The van der Waals surface area contributed by atoms with Gasteiger partial charge in [-0.2, -0.15) is 0 Å². The van der Waals surface area contributed by atoms with Gasteiger partial charge in [0.25, 0.3) is 0 Å². The first kappa shape index (κ1) is 12.5. The molecular weight excluding hydrogens is 267 g/mol. The fourth-order valence-corrected chi connectivity index (χ4v) is 2.10. The summed E-state index contributed by atoms with van der Waals surface area (Å²) in [5.74, 6) is -2.07. The average molecular weight is 277 g/mol. The van der Waals surface area contributed by atoms with Crippen molar-refractivity contribution < 1.29 is 13.2 Å². The zero-order chi connectivity index (χ0) is 14.3. The minimum atomic E-state index is -0.934. The summed E-state index contributed by atoms with van der Waals surface area (Å²) in [5, 5.41) is 0. The Morgan fingerprint density at radius 3 is 2.55 bits per heavy atom. The Labute approximate surface area is 112 Å². The lowest BCUT2D eigenvalue weighted by Gasteiger charge is -2.07. The summed E-state index contributed by atoms with van der Waals surface area (Å²) in [6.07, 6.45) is 0. The number of hydrogen-bond acceptors (Lipinski definition) is 2. The summed E-state index contributed by atoms with van der Waals surface area (Å²) < 4.78 is 40.9. The highest BCUT2D eigenvalue weighted by Gasteiger charge is 2.10. The largest absolute Gasteiger partial charge is 0.369 e. The van der Waals surface area contributed by atoms with Crippen molar-refractivity contribution in [3.8, 4) is 0 Å². The number of nitrogen functional groups attached to an aromatic ring is 1. The minimum absolute atomic E-state index is 0.184. The molecule has 0 saturated carbocycles. The van der Waals surface area contributed by atoms with E-state index in [2.05, 4.69) is 4.98 Å². The number of fused-ring (bicyclic) bond motifs is 1. The van der Waals surface area contributed by atoms with Gasteiger partial charge in [-0.15, -0.1) is 0 Å². The number of benzene rings is 2. The van der Waals surface area contributed by atoms with E-state index < -0.39 is 17.5 Å². The highest BCUT2D eigenvalue weighted by Crippen LogP contribution is 2.21. The Kier molecular flexibility index (Phi) is 2.85. The number of anilines is 1. The molecule has 2 N–H and O–H groups in total. The second kappa shape index (κ2) is 4.56. The van der Waals surface area contributed by atoms with Crippen LogP contribution in [-0.2, 0) is 6.54 Å². The van der Waals surface area contributed by atoms with Crippen LogP contribution in [0.5, 0.6) is 0 Å². The van der Waals surface area contributed by atoms with E-state index in [9.17, 15) is 13.2 Å². The molecule has 1 heterocycles. The number of aromatic nitrogens is 2. The molecule has 0 aliphatic heterocycles. The summed E-state index contributed by atoms with van der Waals surface area (Å²) >= 11 is 0. The van der Waals surface area contributed by atoms with Gasteiger partial charge in [-0.3, -0.25) is 0 Å². The Balaban J connectivity index is 2.07. The molecule has 0 atom stereocenters. The third kappa shape index (κ3) is 2.09. The maximum atomic E-state index is 13.3. The van der Waals surface area contributed by atoms with Crippen LogP contribution in [-0.4, -0.2) is 9.55 Å². The van der Waals surface area contributed by atoms with Gasteiger partial charge >= 0.3 is 0 Å². The maximum Gasteiger partial charge on any atom is 0.201 e. The molecule has 6 heteroatoms. The topological polar surface area (TPSA) is 43.8 Å². The molecule has 1 aromatic heterocycles. The molecular formula is C14H10F3N3. The third-order valence-electron chi connectivity index (χ3n) is 3.06. The molecule has 0 spiro atoms. The molecule has 0 fully saturated rings. The predicted octanol–water partition coefficient (Wildman–Crippen LogP) is 3.08. The van der Waals surface area contributed by atoms with E-state index in [1.54, 1.807) is 4.57 Å². The van der Waals surface area contributed by atoms with Crippen molar-refractivity contribution in [2.24, 2.45) is 0 Å². The first-order chi connectivity index (χ1) is 9.54. The van der Waals surface area contributed by atoms with Gasteiger partial charge in [0, 0.05) is 0 Å². The summed E-state index contributed by atoms with van der Waals surface area (Å²) in [7, 11) is 0. The van der Waals surface area contributed by atoms with Crippen LogP contribution in [0.3, 0.4) is 0 Å². The number of hydrogen-bond donors (Lipinski definition) is 1. The van der Waals surface area contributed by atoms with E-state index in [0.29, 0.717) is 16.6 Å². The molecule has 0 radical (unpaired) electrons. The molecule has 0 aliphatic rings. The molecule has 102 valence electrons. The standard InChI is InChI=1S/C14H10F3N3/c15-9-2-4-12-13(6-9)20(14(18)19-12)7-8-1-3-10(16)11(17)5-8/h1-6H,7H2,(H2,18,19). The van der Waals surface area contributed by atoms with Gasteiger partial charge in [-0.25, -0.2) is 18.2 Å². The molecule has 2 aromatic carbocycles. The molecule has 0 aliphatic carbocycles. The second-order valence-corrected chi connectivity index (χ2v) is 4.44. The maximum absolute atomic E-state index is 13.3. The SMILES string of the molecule is Nc1nc2ccc(F)cc2n1Cc1ccc(F)c(F)c1. The van der Waals surface area contributed by atoms with Crippen LogP contribution in [0.4, 0.5) is 19.1 Å². The Morgan fingerprint density at radius 1 is 1.00 bits per heavy atom. The quantitative estimate of drug-likeness (QED) is 0.782. The van der Waals surface area contributed by atoms with Crippen molar-refractivity contribution >= 4 is 17.0 Å². The fraction of sp³-hybridized carbons (Fsp3) is 0.0714. The lowest BCUT2D eigenvalue weighted by molar-refractivity contribution is 0.506. The van der Waals surface area contributed by atoms with Crippen LogP contribution < -0.4 is 5.73 Å². The summed E-state index contributed by atoms with van der Waals surface area (Å²) in [6, 6.07) is 7.68. The smallest absolute Gasteiger partial charge is 0.201 e. The van der Waals surface area contributed by atoms with Gasteiger partial charge < -0.3 is 10.3 Å². The van der Waals surface area contributed by atoms with Crippen LogP contribution in [0.15, 0.2) is 36.4 Å². The van der Waals surface area contributed by atoms with Crippen molar-refractivity contribution in [3.63, 3.8) is 0 Å². The average Bonchev–Trinajstić information content (AvgIpc) is 2.70. The van der Waals surface area contributed by atoms with E-state index in [0.717, 1.165) is 12.1 Å². The molecule has 3 rings (SSSR count). The van der Waals surface area contributed by atoms with Crippen LogP contribution >= 0.6 is 0 Å². The van der Waals surface area contributed by atoms with Crippen molar-refractivity contribution in [1.82, 2.24) is 9.55 Å². The molecule has 3 aromatic rings. The summed E-state index contributed by atoms with van der Waals surface area (Å²) in [4.78, 5) is 4.10. The molecule has 0 saturated heterocycles. The molecule has 0 unspecified atom stereocenters. The highest BCUT2D eigenvalue weighted by molar-refractivity contribution is 5.78. The third-order valence-corrected chi connectivity index (χ3v) is 3.06. The zero-order valence-electron chi connectivity index (χ0n) is 10.3. The van der Waals surface area contributed by atoms with Gasteiger partial charge in [0.1, 0.15) is 5.82 Å².